The van der Waals surface area contributed by atoms with Gasteiger partial charge in [-0.05, 0) is 31.0 Å². The lowest BCUT2D eigenvalue weighted by Gasteiger charge is -2.29. The first-order valence-corrected chi connectivity index (χ1v) is 7.60. The smallest absolute Gasteiger partial charge is 0.253 e. The fourth-order valence-corrected chi connectivity index (χ4v) is 2.91. The van der Waals surface area contributed by atoms with E-state index in [0.29, 0.717) is 24.4 Å². The quantitative estimate of drug-likeness (QED) is 0.845. The van der Waals surface area contributed by atoms with Gasteiger partial charge in [0.15, 0.2) is 0 Å². The van der Waals surface area contributed by atoms with Crippen LogP contribution < -0.4 is 10.6 Å². The minimum atomic E-state index is -0.372. The summed E-state index contributed by atoms with van der Waals surface area (Å²) in [7, 11) is 1.79. The lowest BCUT2D eigenvalue weighted by molar-refractivity contribution is -0.123. The summed E-state index contributed by atoms with van der Waals surface area (Å²) in [5, 5.41) is 6.03. The van der Waals surface area contributed by atoms with Crippen LogP contribution in [0.25, 0.3) is 0 Å². The average molecular weight is 340 g/mol. The van der Waals surface area contributed by atoms with E-state index in [9.17, 15) is 9.59 Å². The topological polar surface area (TPSA) is 70.7 Å². The second kappa shape index (κ2) is 7.29. The van der Waals surface area contributed by atoms with Gasteiger partial charge in [0.2, 0.25) is 5.91 Å². The fourth-order valence-electron chi connectivity index (χ4n) is 2.91. The molecule has 0 radical (unpaired) electrons. The number of amides is 2. The Bertz CT molecular complexity index is 608. The number of carbonyl (C=O) groups excluding carboxylic acids is 2. The van der Waals surface area contributed by atoms with Crippen molar-refractivity contribution in [3.8, 4) is 0 Å². The molecule has 2 N–H and O–H groups in total. The third-order valence-corrected chi connectivity index (χ3v) is 4.27. The summed E-state index contributed by atoms with van der Waals surface area (Å²) in [6, 6.07) is 5.16. The standard InChI is InChI=1S/C16H21N3O3.ClH/c1-10-14(17-6-8-22-10)15(20)18-12-4-3-11-5-7-19(2)16(21)13(11)9-12;/h3-4,9-10,14,17H,5-8H2,1-2H3,(H,18,20);1H/t10-,14+;/m1./s1. The van der Waals surface area contributed by atoms with Crippen molar-refractivity contribution in [1.82, 2.24) is 10.2 Å². The van der Waals surface area contributed by atoms with Crippen LogP contribution in [0.2, 0.25) is 0 Å². The first kappa shape index (κ1) is 17.7. The summed E-state index contributed by atoms with van der Waals surface area (Å²) < 4.78 is 5.49. The second-order valence-corrected chi connectivity index (χ2v) is 5.85. The molecule has 0 spiro atoms. The maximum absolute atomic E-state index is 12.3. The Balaban J connectivity index is 0.00000192. The van der Waals surface area contributed by atoms with Gasteiger partial charge in [0.05, 0.1) is 12.7 Å². The van der Waals surface area contributed by atoms with Crippen molar-refractivity contribution in [2.45, 2.75) is 25.5 Å². The molecule has 3 rings (SSSR count). The minimum Gasteiger partial charge on any atom is -0.375 e. The number of halogens is 1. The molecule has 0 unspecified atom stereocenters. The van der Waals surface area contributed by atoms with Crippen LogP contribution in [0.4, 0.5) is 5.69 Å². The molecule has 2 aliphatic rings. The van der Waals surface area contributed by atoms with Crippen LogP contribution in [-0.2, 0) is 16.0 Å². The lowest BCUT2D eigenvalue weighted by atomic mass is 9.98. The fraction of sp³-hybridized carbons (Fsp3) is 0.500. The van der Waals surface area contributed by atoms with Gasteiger partial charge in [-0.15, -0.1) is 12.4 Å². The van der Waals surface area contributed by atoms with Crippen molar-refractivity contribution in [1.29, 1.82) is 0 Å². The summed E-state index contributed by atoms with van der Waals surface area (Å²) in [6.45, 7) is 3.89. The number of hydrogen-bond donors (Lipinski definition) is 2. The number of nitrogens with one attached hydrogen (secondary N) is 2. The third kappa shape index (κ3) is 3.65. The molecule has 2 atom stereocenters. The number of rotatable bonds is 2. The van der Waals surface area contributed by atoms with E-state index in [1.165, 1.54) is 0 Å². The maximum Gasteiger partial charge on any atom is 0.253 e. The molecule has 1 aromatic carbocycles. The molecule has 0 saturated carbocycles. The van der Waals surface area contributed by atoms with Gasteiger partial charge >= 0.3 is 0 Å². The third-order valence-electron chi connectivity index (χ3n) is 4.27. The van der Waals surface area contributed by atoms with E-state index < -0.39 is 0 Å². The van der Waals surface area contributed by atoms with E-state index in [1.54, 1.807) is 18.0 Å². The van der Waals surface area contributed by atoms with Gasteiger partial charge in [-0.3, -0.25) is 9.59 Å². The molecule has 1 aromatic rings. The molecule has 0 aliphatic carbocycles. The highest BCUT2D eigenvalue weighted by molar-refractivity contribution is 6.00. The molecule has 23 heavy (non-hydrogen) atoms. The van der Waals surface area contributed by atoms with Crippen LogP contribution in [0.1, 0.15) is 22.8 Å². The lowest BCUT2D eigenvalue weighted by Crippen LogP contribution is -2.53. The Morgan fingerprint density at radius 3 is 2.96 bits per heavy atom. The molecule has 1 fully saturated rings. The molecule has 1 saturated heterocycles. The number of likely N-dealkylation sites (N-methyl/N-ethyl adjacent to an activating group) is 1. The maximum atomic E-state index is 12.3. The van der Waals surface area contributed by atoms with E-state index in [-0.39, 0.29) is 36.4 Å². The predicted molar refractivity (Wildman–Crippen MR) is 90.2 cm³/mol. The Hall–Kier alpha value is -1.63. The summed E-state index contributed by atoms with van der Waals surface area (Å²) in [6.07, 6.45) is 0.681. The van der Waals surface area contributed by atoms with Crippen LogP contribution in [0, 0.1) is 0 Å². The van der Waals surface area contributed by atoms with Crippen molar-refractivity contribution < 1.29 is 14.3 Å². The molecular weight excluding hydrogens is 318 g/mol. The molecule has 2 heterocycles. The first-order chi connectivity index (χ1) is 10.6. The number of morpholine rings is 1. The zero-order chi connectivity index (χ0) is 15.7. The summed E-state index contributed by atoms with van der Waals surface area (Å²) >= 11 is 0. The number of benzene rings is 1. The van der Waals surface area contributed by atoms with Crippen molar-refractivity contribution in [2.24, 2.45) is 0 Å². The molecule has 6 nitrogen and oxygen atoms in total. The number of carbonyl (C=O) groups is 2. The molecular formula is C16H22ClN3O3. The van der Waals surface area contributed by atoms with Gasteiger partial charge in [0.1, 0.15) is 6.04 Å². The normalized spacial score (nSPS) is 23.7. The number of nitrogens with zero attached hydrogens (tertiary/aromatic N) is 1. The van der Waals surface area contributed by atoms with Crippen LogP contribution in [0.15, 0.2) is 18.2 Å². The van der Waals surface area contributed by atoms with Crippen LogP contribution in [0.5, 0.6) is 0 Å². The zero-order valence-electron chi connectivity index (χ0n) is 13.3. The number of fused-ring (bicyclic) bond motifs is 1. The van der Waals surface area contributed by atoms with Crippen LogP contribution in [0.3, 0.4) is 0 Å². The van der Waals surface area contributed by atoms with E-state index in [0.717, 1.165) is 18.5 Å². The summed E-state index contributed by atoms with van der Waals surface area (Å²) in [4.78, 5) is 26.2. The van der Waals surface area contributed by atoms with Gasteiger partial charge in [-0.2, -0.15) is 0 Å². The highest BCUT2D eigenvalue weighted by atomic mass is 35.5. The molecule has 2 amide bonds. The highest BCUT2D eigenvalue weighted by Crippen LogP contribution is 2.22. The Kier molecular flexibility index (Phi) is 5.62. The zero-order valence-corrected chi connectivity index (χ0v) is 14.1. The Morgan fingerprint density at radius 2 is 2.22 bits per heavy atom. The largest absolute Gasteiger partial charge is 0.375 e. The average Bonchev–Trinajstić information content (AvgIpc) is 2.52. The SMILES string of the molecule is C[C@H]1OCCN[C@@H]1C(=O)Nc1ccc2c(c1)C(=O)N(C)CC2.Cl. The van der Waals surface area contributed by atoms with Gasteiger partial charge in [0, 0.05) is 31.4 Å². The van der Waals surface area contributed by atoms with Gasteiger partial charge in [-0.1, -0.05) is 6.07 Å². The molecule has 0 bridgehead atoms. The predicted octanol–water partition coefficient (Wildman–Crippen LogP) is 1.05. The van der Waals surface area contributed by atoms with E-state index in [2.05, 4.69) is 10.6 Å². The molecule has 126 valence electrons. The minimum absolute atomic E-state index is 0. The monoisotopic (exact) mass is 339 g/mol. The molecule has 7 heteroatoms. The van der Waals surface area contributed by atoms with Crippen molar-refractivity contribution >= 4 is 29.9 Å². The second-order valence-electron chi connectivity index (χ2n) is 5.85. The number of hydrogen-bond acceptors (Lipinski definition) is 4. The van der Waals surface area contributed by atoms with Crippen molar-refractivity contribution in [2.75, 3.05) is 32.1 Å². The van der Waals surface area contributed by atoms with Crippen molar-refractivity contribution in [3.05, 3.63) is 29.3 Å². The van der Waals surface area contributed by atoms with E-state index in [4.69, 9.17) is 4.74 Å². The highest BCUT2D eigenvalue weighted by Gasteiger charge is 2.29. The molecule has 0 aromatic heterocycles. The van der Waals surface area contributed by atoms with Crippen LogP contribution in [-0.4, -0.2) is 55.6 Å². The van der Waals surface area contributed by atoms with Gasteiger partial charge in [-0.25, -0.2) is 0 Å². The number of ether oxygens (including phenoxy) is 1. The Labute approximate surface area is 142 Å². The van der Waals surface area contributed by atoms with E-state index >= 15 is 0 Å². The first-order valence-electron chi connectivity index (χ1n) is 7.60. The van der Waals surface area contributed by atoms with Crippen LogP contribution >= 0.6 is 12.4 Å². The van der Waals surface area contributed by atoms with E-state index in [1.807, 2.05) is 19.1 Å². The number of anilines is 1. The van der Waals surface area contributed by atoms with Crippen molar-refractivity contribution in [3.63, 3.8) is 0 Å². The van der Waals surface area contributed by atoms with Gasteiger partial charge in [0.25, 0.3) is 5.91 Å². The van der Waals surface area contributed by atoms with Gasteiger partial charge < -0.3 is 20.3 Å². The summed E-state index contributed by atoms with van der Waals surface area (Å²) in [5.41, 5.74) is 2.35. The summed E-state index contributed by atoms with van der Waals surface area (Å²) in [5.74, 6) is -0.131. The molecule has 2 aliphatic heterocycles. The Morgan fingerprint density at radius 1 is 1.43 bits per heavy atom.